The summed E-state index contributed by atoms with van der Waals surface area (Å²) in [4.78, 5) is 0. The minimum absolute atomic E-state index is 1.23. The third kappa shape index (κ3) is 3.55. The fourth-order valence-electron chi connectivity index (χ4n) is 3.00. The zero-order valence-corrected chi connectivity index (χ0v) is 14.7. The second-order valence-corrected chi connectivity index (χ2v) is 7.07. The molecule has 0 aliphatic carbocycles. The maximum absolute atomic E-state index is 2.23. The highest BCUT2D eigenvalue weighted by Crippen LogP contribution is 2.27. The van der Waals surface area contributed by atoms with Crippen LogP contribution in [0, 0.1) is 0 Å². The van der Waals surface area contributed by atoms with Crippen molar-refractivity contribution >= 4 is 19.2 Å². The molecule has 4 rings (SSSR count). The van der Waals surface area contributed by atoms with E-state index in [1.54, 1.807) is 0 Å². The van der Waals surface area contributed by atoms with E-state index in [1.165, 1.54) is 41.4 Å². The first-order valence-corrected chi connectivity index (χ1v) is 9.32. The van der Waals surface area contributed by atoms with Crippen molar-refractivity contribution in [2.45, 2.75) is 0 Å². The maximum atomic E-state index is 2.23. The highest BCUT2D eigenvalue weighted by Gasteiger charge is 2.00. The summed E-state index contributed by atoms with van der Waals surface area (Å²) in [6.45, 7) is 0. The Labute approximate surface area is 151 Å². The molecule has 0 heterocycles. The molecule has 120 valence electrons. The first-order chi connectivity index (χ1) is 12.4. The maximum Gasteiger partial charge on any atom is -0.0207 e. The van der Waals surface area contributed by atoms with Gasteiger partial charge in [0.25, 0.3) is 0 Å². The molecule has 1 heteroatoms. The first kappa shape index (κ1) is 15.8. The molecule has 25 heavy (non-hydrogen) atoms. The van der Waals surface area contributed by atoms with Gasteiger partial charge >= 0.3 is 0 Å². The number of rotatable bonds is 4. The van der Waals surface area contributed by atoms with Crippen LogP contribution in [-0.2, 0) is 0 Å². The molecular formula is C24H18P-. The van der Waals surface area contributed by atoms with Gasteiger partial charge in [-0.1, -0.05) is 109 Å². The first-order valence-electron chi connectivity index (χ1n) is 8.42. The van der Waals surface area contributed by atoms with Crippen LogP contribution in [-0.4, -0.2) is 0 Å². The van der Waals surface area contributed by atoms with Crippen molar-refractivity contribution in [2.24, 2.45) is 0 Å². The SMILES string of the molecule is c1ccc(-c2ccccc2[P-]c2ccccc2-c2ccccc2)cc1. The van der Waals surface area contributed by atoms with E-state index in [-0.39, 0.29) is 0 Å². The van der Waals surface area contributed by atoms with Gasteiger partial charge in [-0.25, -0.2) is 0 Å². The molecule has 0 nitrogen and oxygen atoms in total. The number of benzene rings is 4. The average Bonchev–Trinajstić information content (AvgIpc) is 2.70. The van der Waals surface area contributed by atoms with Crippen molar-refractivity contribution in [1.29, 1.82) is 0 Å². The van der Waals surface area contributed by atoms with Gasteiger partial charge in [0.15, 0.2) is 0 Å². The molecule has 0 aliphatic heterocycles. The van der Waals surface area contributed by atoms with Crippen LogP contribution in [0.5, 0.6) is 0 Å². The summed E-state index contributed by atoms with van der Waals surface area (Å²) in [5.41, 5.74) is 5.13. The zero-order valence-electron chi connectivity index (χ0n) is 13.8. The van der Waals surface area contributed by atoms with Crippen LogP contribution in [0.4, 0.5) is 0 Å². The quantitative estimate of drug-likeness (QED) is 0.406. The summed E-state index contributed by atoms with van der Waals surface area (Å²) in [5, 5.41) is 2.66. The van der Waals surface area contributed by atoms with Crippen LogP contribution in [0.2, 0.25) is 0 Å². The Morgan fingerprint density at radius 1 is 0.360 bits per heavy atom. The highest BCUT2D eigenvalue weighted by atomic mass is 31.1. The summed E-state index contributed by atoms with van der Waals surface area (Å²) < 4.78 is 0. The van der Waals surface area contributed by atoms with E-state index in [4.69, 9.17) is 0 Å². The molecule has 0 bridgehead atoms. The van der Waals surface area contributed by atoms with Gasteiger partial charge in [-0.05, 0) is 22.3 Å². The van der Waals surface area contributed by atoms with E-state index in [0.29, 0.717) is 0 Å². The Kier molecular flexibility index (Phi) is 4.72. The lowest BCUT2D eigenvalue weighted by Crippen LogP contribution is -2.08. The zero-order chi connectivity index (χ0) is 16.9. The van der Waals surface area contributed by atoms with E-state index >= 15 is 0 Å². The summed E-state index contributed by atoms with van der Waals surface area (Å²) in [6, 6.07) is 38.6. The molecule has 0 N–H and O–H groups in total. The Balaban J connectivity index is 1.76. The van der Waals surface area contributed by atoms with Gasteiger partial charge in [-0.2, -0.15) is 10.6 Å². The Morgan fingerprint density at radius 3 is 1.16 bits per heavy atom. The van der Waals surface area contributed by atoms with Crippen molar-refractivity contribution in [2.75, 3.05) is 0 Å². The summed E-state index contributed by atoms with van der Waals surface area (Å²) in [7, 11) is 1.23. The second-order valence-electron chi connectivity index (χ2n) is 5.88. The van der Waals surface area contributed by atoms with Crippen molar-refractivity contribution < 1.29 is 0 Å². The molecule has 0 amide bonds. The molecule has 0 saturated heterocycles. The largest absolute Gasteiger partial charge is 0.471 e. The molecule has 0 saturated carbocycles. The summed E-state index contributed by atoms with van der Waals surface area (Å²) in [6.07, 6.45) is 0. The minimum Gasteiger partial charge on any atom is -0.471 e. The van der Waals surface area contributed by atoms with Crippen LogP contribution in [0.15, 0.2) is 109 Å². The van der Waals surface area contributed by atoms with Crippen molar-refractivity contribution in [3.63, 3.8) is 0 Å². The smallest absolute Gasteiger partial charge is 0.0207 e. The normalized spacial score (nSPS) is 10.6. The Morgan fingerprint density at radius 2 is 0.720 bits per heavy atom. The van der Waals surface area contributed by atoms with E-state index in [2.05, 4.69) is 109 Å². The number of hydrogen-bond acceptors (Lipinski definition) is 0. The Hall–Kier alpha value is -2.69. The van der Waals surface area contributed by atoms with Gasteiger partial charge in [-0.3, -0.25) is 0 Å². The third-order valence-electron chi connectivity index (χ3n) is 4.22. The lowest BCUT2D eigenvalue weighted by atomic mass is 10.1. The van der Waals surface area contributed by atoms with E-state index in [0.717, 1.165) is 0 Å². The van der Waals surface area contributed by atoms with E-state index in [1.807, 2.05) is 0 Å². The molecule has 4 aromatic rings. The van der Waals surface area contributed by atoms with Crippen LogP contribution in [0.25, 0.3) is 22.3 Å². The van der Waals surface area contributed by atoms with Crippen molar-refractivity contribution in [3.8, 4) is 22.3 Å². The number of hydrogen-bond donors (Lipinski definition) is 0. The lowest BCUT2D eigenvalue weighted by Gasteiger charge is -2.27. The lowest BCUT2D eigenvalue weighted by molar-refractivity contribution is 1.64. The molecule has 0 radical (unpaired) electrons. The summed E-state index contributed by atoms with van der Waals surface area (Å²) in [5.74, 6) is 0. The van der Waals surface area contributed by atoms with Gasteiger partial charge in [0.1, 0.15) is 0 Å². The highest BCUT2D eigenvalue weighted by molar-refractivity contribution is 7.56. The Bertz CT molecular complexity index is 878. The van der Waals surface area contributed by atoms with Crippen LogP contribution in [0.3, 0.4) is 0 Å². The van der Waals surface area contributed by atoms with Gasteiger partial charge < -0.3 is 8.58 Å². The third-order valence-corrected chi connectivity index (χ3v) is 5.48. The van der Waals surface area contributed by atoms with Crippen molar-refractivity contribution in [3.05, 3.63) is 109 Å². The van der Waals surface area contributed by atoms with Crippen molar-refractivity contribution in [1.82, 2.24) is 0 Å². The van der Waals surface area contributed by atoms with Gasteiger partial charge in [-0.15, -0.1) is 0 Å². The van der Waals surface area contributed by atoms with Crippen LogP contribution < -0.4 is 10.6 Å². The minimum atomic E-state index is 1.23. The van der Waals surface area contributed by atoms with E-state index < -0.39 is 0 Å². The molecule has 0 aliphatic rings. The van der Waals surface area contributed by atoms with Gasteiger partial charge in [0, 0.05) is 0 Å². The molecule has 0 unspecified atom stereocenters. The molecule has 0 aromatic heterocycles. The summed E-state index contributed by atoms with van der Waals surface area (Å²) >= 11 is 0. The fraction of sp³-hybridized carbons (Fsp3) is 0. The molecule has 0 atom stereocenters. The van der Waals surface area contributed by atoms with Gasteiger partial charge in [0.2, 0.25) is 0 Å². The topological polar surface area (TPSA) is 0 Å². The monoisotopic (exact) mass is 337 g/mol. The van der Waals surface area contributed by atoms with Crippen LogP contribution in [0.1, 0.15) is 0 Å². The van der Waals surface area contributed by atoms with Crippen LogP contribution >= 0.6 is 8.58 Å². The molecule has 0 fully saturated rings. The standard InChI is InChI=1S/C24H18P/c1-3-11-19(12-4-1)21-15-7-9-17-23(21)25-24-18-10-8-16-22(24)20-13-5-2-6-14-20/h1-18H/q-1. The molecular weight excluding hydrogens is 319 g/mol. The average molecular weight is 337 g/mol. The molecule has 0 spiro atoms. The fourth-order valence-corrected chi connectivity index (χ4v) is 4.22. The second kappa shape index (κ2) is 7.47. The molecule has 4 aromatic carbocycles. The van der Waals surface area contributed by atoms with E-state index in [9.17, 15) is 0 Å². The predicted octanol–water partition coefficient (Wildman–Crippen LogP) is 5.92. The van der Waals surface area contributed by atoms with Gasteiger partial charge in [0.05, 0.1) is 0 Å². The predicted molar refractivity (Wildman–Crippen MR) is 110 cm³/mol.